The molecule has 0 unspecified atom stereocenters. The normalized spacial score (nSPS) is 10.4. The third-order valence-corrected chi connectivity index (χ3v) is 2.54. The van der Waals surface area contributed by atoms with Crippen molar-refractivity contribution in [2.75, 3.05) is 5.73 Å². The number of anilines is 1. The molecular formula is C11H9FN4O3. The Labute approximate surface area is 106 Å². The van der Waals surface area contributed by atoms with Gasteiger partial charge in [-0.15, -0.1) is 0 Å². The van der Waals surface area contributed by atoms with E-state index in [4.69, 9.17) is 5.73 Å². The van der Waals surface area contributed by atoms with Gasteiger partial charge < -0.3 is 5.73 Å². The van der Waals surface area contributed by atoms with E-state index in [9.17, 15) is 19.3 Å². The highest BCUT2D eigenvalue weighted by Crippen LogP contribution is 2.17. The van der Waals surface area contributed by atoms with Gasteiger partial charge in [0.15, 0.2) is 0 Å². The topological polar surface area (TPSA) is 104 Å². The number of hydrogen-bond donors (Lipinski definition) is 1. The van der Waals surface area contributed by atoms with E-state index in [1.54, 1.807) is 0 Å². The van der Waals surface area contributed by atoms with Gasteiger partial charge in [-0.2, -0.15) is 4.98 Å². The molecule has 0 saturated carbocycles. The summed E-state index contributed by atoms with van der Waals surface area (Å²) >= 11 is 0. The van der Waals surface area contributed by atoms with Gasteiger partial charge in [-0.05, 0) is 12.1 Å². The zero-order chi connectivity index (χ0) is 14.0. The zero-order valence-corrected chi connectivity index (χ0v) is 9.62. The number of nitrogens with zero attached hydrogens (tertiary/aromatic N) is 3. The summed E-state index contributed by atoms with van der Waals surface area (Å²) in [6.45, 7) is -0.216. The van der Waals surface area contributed by atoms with Crippen molar-refractivity contribution in [3.05, 3.63) is 62.6 Å². The van der Waals surface area contributed by atoms with E-state index in [0.29, 0.717) is 0 Å². The van der Waals surface area contributed by atoms with Crippen LogP contribution in [0.1, 0.15) is 5.56 Å². The van der Waals surface area contributed by atoms with Crippen LogP contribution in [0.4, 0.5) is 15.8 Å². The number of nitro groups is 1. The average molecular weight is 264 g/mol. The summed E-state index contributed by atoms with van der Waals surface area (Å²) in [5.74, 6) is -0.585. The molecule has 8 heteroatoms. The van der Waals surface area contributed by atoms with E-state index < -0.39 is 16.4 Å². The lowest BCUT2D eigenvalue weighted by molar-refractivity contribution is -0.385. The fourth-order valence-electron chi connectivity index (χ4n) is 1.56. The molecule has 2 rings (SSSR count). The van der Waals surface area contributed by atoms with Crippen LogP contribution in [0.15, 0.2) is 35.4 Å². The molecule has 1 aromatic carbocycles. The van der Waals surface area contributed by atoms with Crippen molar-refractivity contribution < 1.29 is 9.31 Å². The molecule has 0 atom stereocenters. The molecule has 2 aromatic rings. The Bertz CT molecular complexity index is 678. The van der Waals surface area contributed by atoms with E-state index in [-0.39, 0.29) is 23.5 Å². The molecule has 0 radical (unpaired) electrons. The Balaban J connectivity index is 2.46. The van der Waals surface area contributed by atoms with Crippen molar-refractivity contribution in [3.8, 4) is 0 Å². The van der Waals surface area contributed by atoms with Gasteiger partial charge in [-0.25, -0.2) is 9.18 Å². The van der Waals surface area contributed by atoms with Crippen molar-refractivity contribution in [3.63, 3.8) is 0 Å². The zero-order valence-electron chi connectivity index (χ0n) is 9.62. The van der Waals surface area contributed by atoms with Gasteiger partial charge >= 0.3 is 11.4 Å². The SMILES string of the molecule is Nc1cccc(F)c1Cn1cc([N+](=O)[O-])cnc1=O. The largest absolute Gasteiger partial charge is 0.398 e. The number of nitrogen functional groups attached to an aromatic ring is 1. The Kier molecular flexibility index (Phi) is 3.23. The second-order valence-corrected chi connectivity index (χ2v) is 3.79. The summed E-state index contributed by atoms with van der Waals surface area (Å²) in [7, 11) is 0. The standard InChI is InChI=1S/C11H9FN4O3/c12-9-2-1-3-10(13)8(9)6-15-5-7(16(18)19)4-14-11(15)17/h1-5H,6,13H2. The van der Waals surface area contributed by atoms with Crippen molar-refractivity contribution >= 4 is 11.4 Å². The third-order valence-electron chi connectivity index (χ3n) is 2.54. The molecule has 98 valence electrons. The van der Waals surface area contributed by atoms with Gasteiger partial charge in [0, 0.05) is 11.3 Å². The van der Waals surface area contributed by atoms with E-state index in [1.807, 2.05) is 0 Å². The van der Waals surface area contributed by atoms with Crippen LogP contribution in [0.3, 0.4) is 0 Å². The maximum atomic E-state index is 13.6. The van der Waals surface area contributed by atoms with Crippen LogP contribution >= 0.6 is 0 Å². The summed E-state index contributed by atoms with van der Waals surface area (Å²) in [5, 5.41) is 10.6. The highest BCUT2D eigenvalue weighted by atomic mass is 19.1. The van der Waals surface area contributed by atoms with Crippen molar-refractivity contribution in [2.45, 2.75) is 6.54 Å². The van der Waals surface area contributed by atoms with Crippen molar-refractivity contribution in [2.24, 2.45) is 0 Å². The van der Waals surface area contributed by atoms with Crippen molar-refractivity contribution in [1.82, 2.24) is 9.55 Å². The Morgan fingerprint density at radius 1 is 1.47 bits per heavy atom. The molecule has 1 aromatic heterocycles. The van der Waals surface area contributed by atoms with Gasteiger partial charge in [0.05, 0.1) is 17.7 Å². The molecule has 0 aliphatic carbocycles. The summed E-state index contributed by atoms with van der Waals surface area (Å²) in [5.41, 5.74) is 4.80. The highest BCUT2D eigenvalue weighted by Gasteiger charge is 2.12. The van der Waals surface area contributed by atoms with Crippen LogP contribution in [0.25, 0.3) is 0 Å². The molecule has 0 fully saturated rings. The summed E-state index contributed by atoms with van der Waals surface area (Å²) in [6, 6.07) is 4.11. The summed E-state index contributed by atoms with van der Waals surface area (Å²) in [4.78, 5) is 24.8. The van der Waals surface area contributed by atoms with Crippen LogP contribution in [0, 0.1) is 15.9 Å². The Hall–Kier alpha value is -2.77. The van der Waals surface area contributed by atoms with Crippen LogP contribution in [-0.2, 0) is 6.54 Å². The van der Waals surface area contributed by atoms with E-state index in [2.05, 4.69) is 4.98 Å². The average Bonchev–Trinajstić information content (AvgIpc) is 2.35. The molecule has 2 N–H and O–H groups in total. The molecular weight excluding hydrogens is 255 g/mol. The van der Waals surface area contributed by atoms with Gasteiger partial charge in [-0.1, -0.05) is 6.07 Å². The minimum atomic E-state index is -0.715. The van der Waals surface area contributed by atoms with Crippen LogP contribution < -0.4 is 11.4 Å². The lowest BCUT2D eigenvalue weighted by Crippen LogP contribution is -2.23. The molecule has 0 bridgehead atoms. The lowest BCUT2D eigenvalue weighted by atomic mass is 10.1. The molecule has 0 amide bonds. The van der Waals surface area contributed by atoms with E-state index >= 15 is 0 Å². The summed E-state index contributed by atoms with van der Waals surface area (Å²) in [6.07, 6.45) is 1.85. The Morgan fingerprint density at radius 2 is 2.21 bits per heavy atom. The van der Waals surface area contributed by atoms with Crippen LogP contribution in [0.5, 0.6) is 0 Å². The van der Waals surface area contributed by atoms with E-state index in [1.165, 1.54) is 18.2 Å². The molecule has 0 aliphatic rings. The van der Waals surface area contributed by atoms with E-state index in [0.717, 1.165) is 17.0 Å². The van der Waals surface area contributed by atoms with Crippen LogP contribution in [0.2, 0.25) is 0 Å². The van der Waals surface area contributed by atoms with Gasteiger partial charge in [0.2, 0.25) is 0 Å². The molecule has 0 saturated heterocycles. The first-order valence-electron chi connectivity index (χ1n) is 5.23. The fourth-order valence-corrected chi connectivity index (χ4v) is 1.56. The maximum Gasteiger partial charge on any atom is 0.348 e. The smallest absolute Gasteiger partial charge is 0.348 e. The number of aromatic nitrogens is 2. The number of halogens is 1. The fraction of sp³-hybridized carbons (Fsp3) is 0.0909. The first-order chi connectivity index (χ1) is 8.99. The number of rotatable bonds is 3. The first kappa shape index (κ1) is 12.7. The third kappa shape index (κ3) is 2.57. The first-order valence-corrected chi connectivity index (χ1v) is 5.23. The lowest BCUT2D eigenvalue weighted by Gasteiger charge is -2.08. The molecule has 0 spiro atoms. The van der Waals surface area contributed by atoms with Crippen molar-refractivity contribution in [1.29, 1.82) is 0 Å². The second-order valence-electron chi connectivity index (χ2n) is 3.79. The highest BCUT2D eigenvalue weighted by molar-refractivity contribution is 5.47. The molecule has 7 nitrogen and oxygen atoms in total. The number of nitrogens with two attached hydrogens (primary N) is 1. The predicted molar refractivity (Wildman–Crippen MR) is 65.1 cm³/mol. The maximum absolute atomic E-state index is 13.6. The quantitative estimate of drug-likeness (QED) is 0.504. The molecule has 1 heterocycles. The monoisotopic (exact) mass is 264 g/mol. The Morgan fingerprint density at radius 3 is 2.84 bits per heavy atom. The number of hydrogen-bond acceptors (Lipinski definition) is 5. The predicted octanol–water partition coefficient (Wildman–Crippen LogP) is 0.921. The molecule has 19 heavy (non-hydrogen) atoms. The minimum absolute atomic E-state index is 0.0897. The second kappa shape index (κ2) is 4.84. The summed E-state index contributed by atoms with van der Waals surface area (Å²) < 4.78 is 14.5. The van der Waals surface area contributed by atoms with Gasteiger partial charge in [0.1, 0.15) is 12.0 Å². The molecule has 0 aliphatic heterocycles. The number of benzene rings is 1. The van der Waals surface area contributed by atoms with Crippen LogP contribution in [-0.4, -0.2) is 14.5 Å². The minimum Gasteiger partial charge on any atom is -0.398 e. The van der Waals surface area contributed by atoms with Gasteiger partial charge in [0.25, 0.3) is 0 Å². The van der Waals surface area contributed by atoms with Gasteiger partial charge in [-0.3, -0.25) is 14.7 Å².